The molecule has 2 aromatic carbocycles. The van der Waals surface area contributed by atoms with E-state index in [9.17, 15) is 23.2 Å². The van der Waals surface area contributed by atoms with Gasteiger partial charge in [-0.05, 0) is 61.0 Å². The van der Waals surface area contributed by atoms with Gasteiger partial charge in [-0.15, -0.1) is 10.2 Å². The van der Waals surface area contributed by atoms with Crippen molar-refractivity contribution in [3.8, 4) is 17.9 Å². The van der Waals surface area contributed by atoms with Crippen LogP contribution >= 0.6 is 0 Å². The van der Waals surface area contributed by atoms with Crippen LogP contribution in [0.15, 0.2) is 60.8 Å². The van der Waals surface area contributed by atoms with Crippen LogP contribution in [0, 0.1) is 23.2 Å². The summed E-state index contributed by atoms with van der Waals surface area (Å²) in [6.45, 7) is 3.11. The highest BCUT2D eigenvalue weighted by molar-refractivity contribution is 6.04. The maximum Gasteiger partial charge on any atom is 0.416 e. The van der Waals surface area contributed by atoms with Crippen molar-refractivity contribution in [3.63, 3.8) is 0 Å². The van der Waals surface area contributed by atoms with E-state index in [4.69, 9.17) is 0 Å². The van der Waals surface area contributed by atoms with Gasteiger partial charge in [0.05, 0.1) is 17.2 Å². The fourth-order valence-electron chi connectivity index (χ4n) is 4.46. The zero-order valence-electron chi connectivity index (χ0n) is 21.5. The third kappa shape index (κ3) is 6.12. The van der Waals surface area contributed by atoms with E-state index in [-0.39, 0.29) is 28.9 Å². The van der Waals surface area contributed by atoms with Gasteiger partial charge in [0.2, 0.25) is 5.82 Å². The maximum atomic E-state index is 14.0. The van der Waals surface area contributed by atoms with Crippen LogP contribution < -0.4 is 5.32 Å². The number of halogens is 3. The number of amides is 1. The van der Waals surface area contributed by atoms with Crippen LogP contribution in [0.5, 0.6) is 0 Å². The quantitative estimate of drug-likeness (QED) is 0.391. The fraction of sp³-hybridized carbons (Fsp3) is 0.241. The van der Waals surface area contributed by atoms with E-state index in [2.05, 4.69) is 32.3 Å². The first-order valence-electron chi connectivity index (χ1n) is 12.5. The molecule has 1 saturated heterocycles. The first-order valence-corrected chi connectivity index (χ1v) is 12.5. The molecule has 1 N–H and O–H groups in total. The molecule has 0 aliphatic carbocycles. The number of aromatic nitrogens is 3. The van der Waals surface area contributed by atoms with Crippen molar-refractivity contribution in [2.75, 3.05) is 38.5 Å². The summed E-state index contributed by atoms with van der Waals surface area (Å²) in [5, 5.41) is 20.1. The van der Waals surface area contributed by atoms with Gasteiger partial charge in [-0.1, -0.05) is 18.1 Å². The lowest BCUT2D eigenvalue weighted by molar-refractivity contribution is -0.138. The number of anilines is 1. The van der Waals surface area contributed by atoms with Gasteiger partial charge in [0.15, 0.2) is 5.65 Å². The number of benzene rings is 2. The molecule has 11 heteroatoms. The third-order valence-corrected chi connectivity index (χ3v) is 6.62. The van der Waals surface area contributed by atoms with E-state index in [1.165, 1.54) is 30.3 Å². The van der Waals surface area contributed by atoms with Crippen molar-refractivity contribution in [1.29, 1.82) is 5.26 Å². The third-order valence-electron chi connectivity index (χ3n) is 6.62. The van der Waals surface area contributed by atoms with Gasteiger partial charge in [0, 0.05) is 55.7 Å². The molecule has 8 nitrogen and oxygen atoms in total. The molecule has 0 saturated carbocycles. The Morgan fingerprint density at radius 2 is 1.77 bits per heavy atom. The number of rotatable bonds is 4. The first-order chi connectivity index (χ1) is 19.2. The largest absolute Gasteiger partial charge is 0.416 e. The minimum atomic E-state index is -4.59. The van der Waals surface area contributed by atoms with Gasteiger partial charge >= 0.3 is 6.18 Å². The normalized spacial score (nSPS) is 14.4. The van der Waals surface area contributed by atoms with E-state index in [1.807, 2.05) is 30.1 Å². The number of pyridine rings is 1. The van der Waals surface area contributed by atoms with E-state index in [0.717, 1.165) is 19.2 Å². The Morgan fingerprint density at radius 1 is 1.00 bits per heavy atom. The van der Waals surface area contributed by atoms with E-state index >= 15 is 0 Å². The lowest BCUT2D eigenvalue weighted by Gasteiger charge is -2.33. The molecular formula is C29H24F3N7O. The van der Waals surface area contributed by atoms with Crippen molar-refractivity contribution in [2.24, 2.45) is 0 Å². The lowest BCUT2D eigenvalue weighted by atomic mass is 10.0. The zero-order chi connectivity index (χ0) is 28.3. The Morgan fingerprint density at radius 3 is 2.52 bits per heavy atom. The van der Waals surface area contributed by atoms with Gasteiger partial charge in [-0.3, -0.25) is 14.1 Å². The molecule has 0 unspecified atom stereocenters. The molecule has 1 fully saturated rings. The van der Waals surface area contributed by atoms with Gasteiger partial charge in [0.25, 0.3) is 5.91 Å². The van der Waals surface area contributed by atoms with E-state index in [1.54, 1.807) is 16.7 Å². The highest BCUT2D eigenvalue weighted by Crippen LogP contribution is 2.34. The second-order valence-corrected chi connectivity index (χ2v) is 9.52. The summed E-state index contributed by atoms with van der Waals surface area (Å²) in [6.07, 6.45) is -2.83. The number of carbonyl (C=O) groups is 1. The summed E-state index contributed by atoms with van der Waals surface area (Å²) < 4.78 is 43.6. The number of likely N-dealkylation sites (N-methyl/N-ethyl adjacent to an activating group) is 1. The number of nitrogens with zero attached hydrogens (tertiary/aromatic N) is 6. The Bertz CT molecular complexity index is 1670. The average molecular weight is 544 g/mol. The van der Waals surface area contributed by atoms with Crippen LogP contribution in [0.1, 0.15) is 38.4 Å². The first kappa shape index (κ1) is 26.9. The molecule has 0 atom stereocenters. The SMILES string of the molecule is CN1CCN(Cc2ccc(NC(=O)c3cc(C#N)cc(C#Cc4nnc5ccccn45)c3)cc2C(F)(F)F)CC1. The molecule has 1 aliphatic heterocycles. The van der Waals surface area contributed by atoms with Gasteiger partial charge in [0.1, 0.15) is 0 Å². The summed E-state index contributed by atoms with van der Waals surface area (Å²) >= 11 is 0. The van der Waals surface area contributed by atoms with E-state index < -0.39 is 17.6 Å². The topological polar surface area (TPSA) is 89.6 Å². The van der Waals surface area contributed by atoms with Crippen molar-refractivity contribution < 1.29 is 18.0 Å². The number of hydrogen-bond donors (Lipinski definition) is 1. The highest BCUT2D eigenvalue weighted by Gasteiger charge is 2.34. The van der Waals surface area contributed by atoms with Crippen LogP contribution in [0.2, 0.25) is 0 Å². The standard InChI is InChI=1S/C29H24F3N7O/c1-37-10-12-38(13-11-37)19-22-6-7-24(17-25(22)29(30,31)32)34-28(40)23-15-20(14-21(16-23)18-33)5-8-27-36-35-26-4-2-3-9-39(26)27/h2-4,6-7,9,14-17H,10-13,19H2,1H3,(H,34,40). The number of alkyl halides is 3. The summed E-state index contributed by atoms with van der Waals surface area (Å²) in [4.78, 5) is 17.2. The van der Waals surface area contributed by atoms with Crippen LogP contribution in [-0.4, -0.2) is 63.5 Å². The smallest absolute Gasteiger partial charge is 0.322 e. The Balaban J connectivity index is 1.38. The minimum absolute atomic E-state index is 0.00405. The van der Waals surface area contributed by atoms with Crippen molar-refractivity contribution in [3.05, 3.63) is 94.4 Å². The predicted molar refractivity (Wildman–Crippen MR) is 142 cm³/mol. The van der Waals surface area contributed by atoms with Crippen LogP contribution in [-0.2, 0) is 12.7 Å². The number of nitriles is 1. The van der Waals surface area contributed by atoms with Crippen molar-refractivity contribution in [1.82, 2.24) is 24.4 Å². The Kier molecular flexibility index (Phi) is 7.52. The van der Waals surface area contributed by atoms with Gasteiger partial charge in [-0.25, -0.2) is 0 Å². The number of carbonyl (C=O) groups excluding carboxylic acids is 1. The van der Waals surface area contributed by atoms with E-state index in [0.29, 0.717) is 30.1 Å². The molecule has 5 rings (SSSR count). The molecule has 1 aliphatic rings. The fourth-order valence-corrected chi connectivity index (χ4v) is 4.46. The van der Waals surface area contributed by atoms with Gasteiger partial charge in [-0.2, -0.15) is 18.4 Å². The maximum absolute atomic E-state index is 14.0. The molecule has 202 valence electrons. The Labute approximate surface area is 228 Å². The second-order valence-electron chi connectivity index (χ2n) is 9.52. The molecule has 40 heavy (non-hydrogen) atoms. The zero-order valence-corrected chi connectivity index (χ0v) is 21.5. The van der Waals surface area contributed by atoms with Crippen molar-refractivity contribution >= 4 is 17.2 Å². The average Bonchev–Trinajstić information content (AvgIpc) is 3.36. The molecule has 1 amide bonds. The molecule has 0 bridgehead atoms. The summed E-state index contributed by atoms with van der Waals surface area (Å²) in [6, 6.07) is 15.6. The minimum Gasteiger partial charge on any atom is -0.322 e. The summed E-state index contributed by atoms with van der Waals surface area (Å²) in [5.41, 5.74) is 0.624. The lowest BCUT2D eigenvalue weighted by Crippen LogP contribution is -2.44. The van der Waals surface area contributed by atoms with Crippen LogP contribution in [0.25, 0.3) is 5.65 Å². The summed E-state index contributed by atoms with van der Waals surface area (Å²) in [7, 11) is 1.98. The molecule has 3 heterocycles. The highest BCUT2D eigenvalue weighted by atomic mass is 19.4. The van der Waals surface area contributed by atoms with Gasteiger partial charge < -0.3 is 10.2 Å². The van der Waals surface area contributed by atoms with Crippen LogP contribution in [0.4, 0.5) is 18.9 Å². The summed E-state index contributed by atoms with van der Waals surface area (Å²) in [5.74, 6) is 5.49. The molecule has 0 spiro atoms. The monoisotopic (exact) mass is 543 g/mol. The number of nitrogens with one attached hydrogen (secondary N) is 1. The van der Waals surface area contributed by atoms with Crippen LogP contribution in [0.3, 0.4) is 0 Å². The number of hydrogen-bond acceptors (Lipinski definition) is 6. The number of fused-ring (bicyclic) bond motifs is 1. The molecule has 0 radical (unpaired) electrons. The Hall–Kier alpha value is -4.71. The molecular weight excluding hydrogens is 519 g/mol. The second kappa shape index (κ2) is 11.2. The molecule has 4 aromatic rings. The van der Waals surface area contributed by atoms with Crippen molar-refractivity contribution in [2.45, 2.75) is 12.7 Å². The number of piperazine rings is 1. The molecule has 2 aromatic heterocycles. The predicted octanol–water partition coefficient (Wildman–Crippen LogP) is 4.02.